The van der Waals surface area contributed by atoms with Crippen LogP contribution in [0.2, 0.25) is 0 Å². The first-order valence-corrected chi connectivity index (χ1v) is 8.72. The molecule has 0 N–H and O–H groups in total. The Morgan fingerprint density at radius 3 is 2.34 bits per heavy atom. The van der Waals surface area contributed by atoms with Gasteiger partial charge in [0.2, 0.25) is 5.82 Å². The Morgan fingerprint density at radius 2 is 1.69 bits per heavy atom. The number of fused-ring (bicyclic) bond motifs is 1. The second kappa shape index (κ2) is 7.63. The van der Waals surface area contributed by atoms with E-state index in [9.17, 15) is 18.8 Å². The highest BCUT2D eigenvalue weighted by molar-refractivity contribution is 6.21. The van der Waals surface area contributed by atoms with Crippen molar-refractivity contribution in [1.82, 2.24) is 15.0 Å². The summed E-state index contributed by atoms with van der Waals surface area (Å²) >= 11 is 0. The quantitative estimate of drug-likeness (QED) is 0.467. The fraction of sp³-hybridized carbons (Fsp3) is 0.150. The molecule has 0 fully saturated rings. The summed E-state index contributed by atoms with van der Waals surface area (Å²) in [5.74, 6) is -1.56. The van der Waals surface area contributed by atoms with Gasteiger partial charge in [0.05, 0.1) is 17.5 Å². The summed E-state index contributed by atoms with van der Waals surface area (Å²) in [6.07, 6.45) is -0.162. The minimum Gasteiger partial charge on any atom is -0.456 e. The maximum atomic E-state index is 13.0. The number of aromatic nitrogens is 2. The van der Waals surface area contributed by atoms with Crippen molar-refractivity contribution in [2.45, 2.75) is 13.0 Å². The van der Waals surface area contributed by atoms with E-state index in [1.54, 1.807) is 24.3 Å². The van der Waals surface area contributed by atoms with Crippen molar-refractivity contribution in [2.24, 2.45) is 0 Å². The molecule has 8 nitrogen and oxygen atoms in total. The van der Waals surface area contributed by atoms with Crippen LogP contribution in [0.4, 0.5) is 4.39 Å². The van der Waals surface area contributed by atoms with Crippen molar-refractivity contribution in [3.05, 3.63) is 71.4 Å². The molecule has 0 saturated heterocycles. The molecular weight excluding hydrogens is 381 g/mol. The third-order valence-electron chi connectivity index (χ3n) is 4.34. The lowest BCUT2D eigenvalue weighted by Gasteiger charge is -2.12. The van der Waals surface area contributed by atoms with E-state index in [1.165, 1.54) is 24.3 Å². The van der Waals surface area contributed by atoms with Crippen molar-refractivity contribution < 1.29 is 28.0 Å². The molecule has 2 aromatic carbocycles. The summed E-state index contributed by atoms with van der Waals surface area (Å²) in [7, 11) is 0. The number of esters is 1. The molecule has 1 aromatic heterocycles. The maximum absolute atomic E-state index is 13.0. The highest BCUT2D eigenvalue weighted by Crippen LogP contribution is 2.22. The van der Waals surface area contributed by atoms with Crippen molar-refractivity contribution >= 4 is 17.8 Å². The third kappa shape index (κ3) is 3.75. The van der Waals surface area contributed by atoms with E-state index in [1.807, 2.05) is 0 Å². The smallest absolute Gasteiger partial charge is 0.308 e. The Hall–Kier alpha value is -3.88. The van der Waals surface area contributed by atoms with Gasteiger partial charge in [0.15, 0.2) is 6.61 Å². The number of hydrogen-bond donors (Lipinski definition) is 0. The van der Waals surface area contributed by atoms with Gasteiger partial charge in [0, 0.05) is 12.1 Å². The molecule has 3 aromatic rings. The zero-order chi connectivity index (χ0) is 20.4. The Morgan fingerprint density at radius 1 is 1.03 bits per heavy atom. The largest absolute Gasteiger partial charge is 0.456 e. The normalized spacial score (nSPS) is 12.9. The van der Waals surface area contributed by atoms with Gasteiger partial charge in [-0.15, -0.1) is 0 Å². The van der Waals surface area contributed by atoms with Gasteiger partial charge in [-0.2, -0.15) is 4.98 Å². The molecule has 2 amide bonds. The number of hydrogen-bond acceptors (Lipinski definition) is 7. The Balaban J connectivity index is 1.30. The molecule has 29 heavy (non-hydrogen) atoms. The van der Waals surface area contributed by atoms with E-state index in [-0.39, 0.29) is 37.1 Å². The minimum atomic E-state index is -0.622. The molecular formula is C20H14FN3O5. The molecule has 0 radical (unpaired) electrons. The lowest BCUT2D eigenvalue weighted by atomic mass is 10.1. The molecule has 4 rings (SSSR count). The highest BCUT2D eigenvalue weighted by Gasteiger charge is 2.35. The number of rotatable bonds is 6. The zero-order valence-corrected chi connectivity index (χ0v) is 15.0. The lowest BCUT2D eigenvalue weighted by molar-refractivity contribution is -0.145. The minimum absolute atomic E-state index is 0.0680. The molecule has 0 bridgehead atoms. The summed E-state index contributed by atoms with van der Waals surface area (Å²) < 4.78 is 23.0. The van der Waals surface area contributed by atoms with Crippen LogP contribution in [0.5, 0.6) is 0 Å². The number of nitrogens with zero attached hydrogens (tertiary/aromatic N) is 3. The fourth-order valence-electron chi connectivity index (χ4n) is 2.89. The summed E-state index contributed by atoms with van der Waals surface area (Å²) in [5.41, 5.74) is 1.20. The van der Waals surface area contributed by atoms with Crippen LogP contribution in [0.15, 0.2) is 53.1 Å². The molecule has 0 spiro atoms. The average Bonchev–Trinajstić information content (AvgIpc) is 3.30. The van der Waals surface area contributed by atoms with Crippen LogP contribution < -0.4 is 0 Å². The van der Waals surface area contributed by atoms with Gasteiger partial charge in [0.25, 0.3) is 17.7 Å². The zero-order valence-electron chi connectivity index (χ0n) is 15.0. The van der Waals surface area contributed by atoms with Gasteiger partial charge in [0.1, 0.15) is 5.82 Å². The third-order valence-corrected chi connectivity index (χ3v) is 4.34. The molecule has 0 saturated carbocycles. The van der Waals surface area contributed by atoms with E-state index in [4.69, 9.17) is 9.26 Å². The summed E-state index contributed by atoms with van der Waals surface area (Å²) in [4.78, 5) is 41.6. The number of halogens is 1. The van der Waals surface area contributed by atoms with Gasteiger partial charge >= 0.3 is 5.97 Å². The highest BCUT2D eigenvalue weighted by atomic mass is 19.1. The van der Waals surface area contributed by atoms with Crippen LogP contribution in [0.25, 0.3) is 11.4 Å². The number of benzene rings is 2. The molecule has 0 atom stereocenters. The first-order valence-electron chi connectivity index (χ1n) is 8.72. The van der Waals surface area contributed by atoms with Gasteiger partial charge in [-0.3, -0.25) is 19.3 Å². The number of carbonyl (C=O) groups is 3. The standard InChI is InChI=1S/C20H14FN3O5/c21-13-7-5-12(6-8-13)18-22-16(29-23-18)11-28-17(25)9-10-24-19(26)14-3-1-2-4-15(14)20(24)27/h1-8H,9-11H2. The van der Waals surface area contributed by atoms with Crippen molar-refractivity contribution in [1.29, 1.82) is 0 Å². The van der Waals surface area contributed by atoms with Gasteiger partial charge < -0.3 is 9.26 Å². The monoisotopic (exact) mass is 395 g/mol. The van der Waals surface area contributed by atoms with E-state index in [0.717, 1.165) is 4.90 Å². The van der Waals surface area contributed by atoms with Crippen molar-refractivity contribution in [3.63, 3.8) is 0 Å². The topological polar surface area (TPSA) is 103 Å². The van der Waals surface area contributed by atoms with Crippen LogP contribution >= 0.6 is 0 Å². The van der Waals surface area contributed by atoms with Crippen LogP contribution in [-0.2, 0) is 16.1 Å². The summed E-state index contributed by atoms with van der Waals surface area (Å²) in [6, 6.07) is 12.0. The Bertz CT molecular complexity index is 1060. The van der Waals surface area contributed by atoms with E-state index in [0.29, 0.717) is 16.7 Å². The molecule has 1 aliphatic rings. The number of ether oxygens (including phenoxy) is 1. The maximum Gasteiger partial charge on any atom is 0.308 e. The molecule has 1 aliphatic heterocycles. The predicted molar refractivity (Wildman–Crippen MR) is 95.9 cm³/mol. The number of carbonyl (C=O) groups excluding carboxylic acids is 3. The van der Waals surface area contributed by atoms with Crippen LogP contribution in [-0.4, -0.2) is 39.4 Å². The summed E-state index contributed by atoms with van der Waals surface area (Å²) in [5, 5.41) is 3.75. The molecule has 0 unspecified atom stereocenters. The first-order chi connectivity index (χ1) is 14.0. The predicted octanol–water partition coefficient (Wildman–Crippen LogP) is 2.61. The van der Waals surface area contributed by atoms with Crippen LogP contribution in [0.3, 0.4) is 0 Å². The van der Waals surface area contributed by atoms with Crippen LogP contribution in [0.1, 0.15) is 33.0 Å². The van der Waals surface area contributed by atoms with Crippen LogP contribution in [0, 0.1) is 5.82 Å². The lowest BCUT2D eigenvalue weighted by Crippen LogP contribution is -2.32. The molecule has 146 valence electrons. The molecule has 9 heteroatoms. The second-order valence-corrected chi connectivity index (χ2v) is 6.24. The van der Waals surface area contributed by atoms with E-state index < -0.39 is 17.8 Å². The Labute approximate surface area is 163 Å². The van der Waals surface area contributed by atoms with E-state index in [2.05, 4.69) is 10.1 Å². The Kier molecular flexibility index (Phi) is 4.86. The van der Waals surface area contributed by atoms with Gasteiger partial charge in [-0.05, 0) is 36.4 Å². The average molecular weight is 395 g/mol. The van der Waals surface area contributed by atoms with Crippen molar-refractivity contribution in [2.75, 3.05) is 6.54 Å². The first kappa shape index (κ1) is 18.5. The fourth-order valence-corrected chi connectivity index (χ4v) is 2.89. The SMILES string of the molecule is O=C(CCN1C(=O)c2ccccc2C1=O)OCc1nc(-c2ccc(F)cc2)no1. The second-order valence-electron chi connectivity index (χ2n) is 6.24. The van der Waals surface area contributed by atoms with Gasteiger partial charge in [-0.25, -0.2) is 4.39 Å². The molecule has 2 heterocycles. The number of imide groups is 1. The summed E-state index contributed by atoms with van der Waals surface area (Å²) in [6.45, 7) is -0.342. The van der Waals surface area contributed by atoms with Gasteiger partial charge in [-0.1, -0.05) is 17.3 Å². The molecule has 0 aliphatic carbocycles. The van der Waals surface area contributed by atoms with Crippen molar-refractivity contribution in [3.8, 4) is 11.4 Å². The number of amides is 2. The van der Waals surface area contributed by atoms with E-state index >= 15 is 0 Å².